The van der Waals surface area contributed by atoms with Gasteiger partial charge in [-0.1, -0.05) is 18.2 Å². The van der Waals surface area contributed by atoms with E-state index in [4.69, 9.17) is 14.6 Å². The second kappa shape index (κ2) is 9.31. The van der Waals surface area contributed by atoms with E-state index in [0.717, 1.165) is 57.7 Å². The molecule has 9 nitrogen and oxygen atoms in total. The monoisotopic (exact) mass is 500 g/mol. The number of benzene rings is 1. The van der Waals surface area contributed by atoms with E-state index >= 15 is 0 Å². The Morgan fingerprint density at radius 3 is 2.49 bits per heavy atom. The number of carbonyl (C=O) groups is 1. The topological polar surface area (TPSA) is 94.0 Å². The number of amides is 1. The highest BCUT2D eigenvalue weighted by atomic mass is 32.2. The minimum absolute atomic E-state index is 0.0837. The van der Waals surface area contributed by atoms with Crippen molar-refractivity contribution in [1.29, 1.82) is 0 Å². The molecule has 0 radical (unpaired) electrons. The van der Waals surface area contributed by atoms with E-state index in [1.54, 1.807) is 17.0 Å². The fourth-order valence-corrected chi connectivity index (χ4v) is 7.60. The molecule has 4 aliphatic rings. The number of fused-ring (bicyclic) bond motifs is 3. The van der Waals surface area contributed by atoms with Crippen LogP contribution in [-0.2, 0) is 25.1 Å². The molecule has 1 unspecified atom stereocenters. The Morgan fingerprint density at radius 1 is 0.943 bits per heavy atom. The Bertz CT molecular complexity index is 1210. The zero-order valence-electron chi connectivity index (χ0n) is 19.9. The van der Waals surface area contributed by atoms with Gasteiger partial charge in [-0.3, -0.25) is 14.4 Å². The summed E-state index contributed by atoms with van der Waals surface area (Å²) >= 11 is 0. The average molecular weight is 501 g/mol. The van der Waals surface area contributed by atoms with E-state index < -0.39 is 9.84 Å². The van der Waals surface area contributed by atoms with Crippen LogP contribution in [0.25, 0.3) is 11.3 Å². The number of likely N-dealkylation sites (tertiary alicyclic amines) is 1. The molecule has 1 aromatic carbocycles. The fourth-order valence-electron chi connectivity index (χ4n) is 6.01. The maximum Gasteiger partial charge on any atom is 0.274 e. The first-order chi connectivity index (χ1) is 17.0. The third-order valence-corrected chi connectivity index (χ3v) is 9.50. The van der Waals surface area contributed by atoms with Crippen molar-refractivity contribution in [1.82, 2.24) is 19.6 Å². The van der Waals surface area contributed by atoms with Crippen LogP contribution in [0.3, 0.4) is 0 Å². The molecule has 5 heterocycles. The zero-order valence-corrected chi connectivity index (χ0v) is 20.7. The van der Waals surface area contributed by atoms with Crippen molar-refractivity contribution in [3.63, 3.8) is 0 Å². The molecule has 1 amide bonds. The van der Waals surface area contributed by atoms with E-state index in [1.807, 2.05) is 16.8 Å². The second-order valence-electron chi connectivity index (χ2n) is 9.91. The molecule has 1 atom stereocenters. The van der Waals surface area contributed by atoms with Gasteiger partial charge in [0.05, 0.1) is 35.6 Å². The van der Waals surface area contributed by atoms with Crippen molar-refractivity contribution in [3.8, 4) is 11.3 Å². The number of carbonyl (C=O) groups excluding carboxylic acids is 1. The van der Waals surface area contributed by atoms with Crippen molar-refractivity contribution in [2.45, 2.75) is 48.4 Å². The summed E-state index contributed by atoms with van der Waals surface area (Å²) in [4.78, 5) is 18.2. The van der Waals surface area contributed by atoms with Crippen molar-refractivity contribution in [2.75, 3.05) is 52.6 Å². The fraction of sp³-hybridized carbons (Fsp3) is 0.600. The molecular formula is C25H32N4O5S. The van der Waals surface area contributed by atoms with E-state index in [9.17, 15) is 13.2 Å². The smallest absolute Gasteiger partial charge is 0.274 e. The molecule has 188 valence electrons. The minimum Gasteiger partial charge on any atom is -0.381 e. The predicted molar refractivity (Wildman–Crippen MR) is 129 cm³/mol. The van der Waals surface area contributed by atoms with Gasteiger partial charge in [0.1, 0.15) is 0 Å². The van der Waals surface area contributed by atoms with Gasteiger partial charge in [0.15, 0.2) is 15.5 Å². The number of piperidine rings is 1. The van der Waals surface area contributed by atoms with Crippen molar-refractivity contribution < 1.29 is 22.7 Å². The number of ether oxygens (including phenoxy) is 2. The number of sulfone groups is 1. The highest BCUT2D eigenvalue weighted by Gasteiger charge is 2.39. The number of hydrogen-bond donors (Lipinski definition) is 0. The Labute approximate surface area is 205 Å². The molecular weight excluding hydrogens is 468 g/mol. The Kier molecular flexibility index (Phi) is 6.16. The van der Waals surface area contributed by atoms with E-state index in [-0.39, 0.29) is 23.4 Å². The van der Waals surface area contributed by atoms with Gasteiger partial charge in [0.2, 0.25) is 0 Å². The molecule has 35 heavy (non-hydrogen) atoms. The highest BCUT2D eigenvalue weighted by molar-refractivity contribution is 7.90. The molecule has 0 saturated carbocycles. The van der Waals surface area contributed by atoms with Crippen LogP contribution in [0.5, 0.6) is 0 Å². The normalized spacial score (nSPS) is 25.1. The van der Waals surface area contributed by atoms with Crippen molar-refractivity contribution in [2.24, 2.45) is 0 Å². The van der Waals surface area contributed by atoms with Crippen LogP contribution in [0.2, 0.25) is 0 Å². The van der Waals surface area contributed by atoms with E-state index in [1.165, 1.54) is 0 Å². The van der Waals surface area contributed by atoms with Crippen LogP contribution in [0.4, 0.5) is 0 Å². The minimum atomic E-state index is -3.56. The largest absolute Gasteiger partial charge is 0.381 e. The van der Waals surface area contributed by atoms with Crippen molar-refractivity contribution in [3.05, 3.63) is 35.5 Å². The third kappa shape index (κ3) is 4.20. The van der Waals surface area contributed by atoms with E-state index in [0.29, 0.717) is 48.4 Å². The highest BCUT2D eigenvalue weighted by Crippen LogP contribution is 2.42. The summed E-state index contributed by atoms with van der Waals surface area (Å²) in [6, 6.07) is 7.73. The Hall–Kier alpha value is -2.27. The van der Waals surface area contributed by atoms with Crippen molar-refractivity contribution >= 4 is 15.7 Å². The molecule has 3 fully saturated rings. The quantitative estimate of drug-likeness (QED) is 0.637. The molecule has 4 aliphatic heterocycles. The first-order valence-electron chi connectivity index (χ1n) is 12.7. The van der Waals surface area contributed by atoms with Gasteiger partial charge in [-0.25, -0.2) is 8.42 Å². The standard InChI is InChI=1S/C25H32N4O5S/c30-25(27-10-14-34-15-11-27)23-21-17-35(31,32)22-6-2-1-5-20(22)24(21)29(26-23)19-4-3-9-28(16-19)18-7-12-33-13-8-18/h1-2,5-6,18-19H,3-4,7-17H2. The summed E-state index contributed by atoms with van der Waals surface area (Å²) in [7, 11) is -3.56. The first kappa shape index (κ1) is 23.1. The maximum atomic E-state index is 13.6. The van der Waals surface area contributed by atoms with Gasteiger partial charge >= 0.3 is 0 Å². The molecule has 10 heteroatoms. The van der Waals surface area contributed by atoms with E-state index in [2.05, 4.69) is 4.90 Å². The number of morpholine rings is 1. The summed E-state index contributed by atoms with van der Waals surface area (Å²) in [5, 5.41) is 4.90. The van der Waals surface area contributed by atoms with Gasteiger partial charge in [0, 0.05) is 50.0 Å². The molecule has 0 spiro atoms. The first-order valence-corrected chi connectivity index (χ1v) is 14.3. The van der Waals surface area contributed by atoms with Crippen LogP contribution < -0.4 is 0 Å². The molecule has 2 aromatic rings. The molecule has 3 saturated heterocycles. The van der Waals surface area contributed by atoms with Crippen LogP contribution in [0, 0.1) is 0 Å². The van der Waals surface area contributed by atoms with Gasteiger partial charge < -0.3 is 14.4 Å². The lowest BCUT2D eigenvalue weighted by Gasteiger charge is -2.40. The lowest BCUT2D eigenvalue weighted by atomic mass is 9.99. The van der Waals surface area contributed by atoms with Gasteiger partial charge in [-0.15, -0.1) is 0 Å². The van der Waals surface area contributed by atoms with Crippen LogP contribution in [0.15, 0.2) is 29.2 Å². The molecule has 0 N–H and O–H groups in total. The number of nitrogens with zero attached hydrogens (tertiary/aromatic N) is 4. The maximum absolute atomic E-state index is 13.6. The predicted octanol–water partition coefficient (Wildman–Crippen LogP) is 2.13. The Morgan fingerprint density at radius 2 is 1.69 bits per heavy atom. The lowest BCUT2D eigenvalue weighted by molar-refractivity contribution is 0.0180. The van der Waals surface area contributed by atoms with Crippen LogP contribution >= 0.6 is 0 Å². The Balaban J connectivity index is 1.43. The number of hydrogen-bond acceptors (Lipinski definition) is 7. The van der Waals surface area contributed by atoms with Gasteiger partial charge in [-0.05, 0) is 38.3 Å². The summed E-state index contributed by atoms with van der Waals surface area (Å²) in [6.07, 6.45) is 4.06. The van der Waals surface area contributed by atoms with Gasteiger partial charge in [0.25, 0.3) is 5.91 Å². The summed E-state index contributed by atoms with van der Waals surface area (Å²) in [5.41, 5.74) is 2.28. The molecule has 0 bridgehead atoms. The summed E-state index contributed by atoms with van der Waals surface area (Å²) in [5.74, 6) is -0.392. The van der Waals surface area contributed by atoms with Gasteiger partial charge in [-0.2, -0.15) is 5.10 Å². The molecule has 1 aromatic heterocycles. The molecule has 0 aliphatic carbocycles. The SMILES string of the molecule is O=C(c1nn(C2CCCN(C3CCOCC3)C2)c2c1CS(=O)(=O)c1ccccc1-2)N1CCOCC1. The third-order valence-electron chi connectivity index (χ3n) is 7.80. The van der Waals surface area contributed by atoms with Crippen LogP contribution in [0.1, 0.15) is 47.8 Å². The molecule has 6 rings (SSSR count). The lowest BCUT2D eigenvalue weighted by Crippen LogP contribution is -2.46. The van der Waals surface area contributed by atoms with Crippen LogP contribution in [-0.4, -0.2) is 92.6 Å². The summed E-state index contributed by atoms with van der Waals surface area (Å²) < 4.78 is 39.4. The number of aromatic nitrogens is 2. The summed E-state index contributed by atoms with van der Waals surface area (Å²) in [6.45, 7) is 5.44. The second-order valence-corrected chi connectivity index (χ2v) is 11.9. The zero-order chi connectivity index (χ0) is 24.0. The number of rotatable bonds is 3. The average Bonchev–Trinajstić information content (AvgIpc) is 3.28.